The Morgan fingerprint density at radius 1 is 0.441 bits per heavy atom. The van der Waals surface area contributed by atoms with E-state index >= 15 is 0 Å². The molecular weight excluding hydrogens is 463 g/mol. The lowest BCUT2D eigenvalue weighted by Crippen LogP contribution is -1.95. The second-order valence-corrected chi connectivity index (χ2v) is 9.16. The van der Waals surface area contributed by atoms with Crippen molar-refractivity contribution in [3.8, 4) is 22.6 Å². The van der Waals surface area contributed by atoms with Crippen molar-refractivity contribution >= 4 is 66.3 Å². The van der Waals surface area contributed by atoms with Crippen LogP contribution >= 0.6 is 23.2 Å². The molecule has 0 spiro atoms. The number of benzene rings is 6. The molecular formula is C30H20Cl2O2. The summed E-state index contributed by atoms with van der Waals surface area (Å²) >= 11 is 13.1. The molecule has 0 aliphatic carbocycles. The molecule has 0 saturated heterocycles. The van der Waals surface area contributed by atoms with Crippen molar-refractivity contribution < 1.29 is 9.47 Å². The minimum atomic E-state index is 0.672. The summed E-state index contributed by atoms with van der Waals surface area (Å²) in [6.07, 6.45) is 0. The van der Waals surface area contributed by atoms with E-state index in [0.717, 1.165) is 65.7 Å². The minimum absolute atomic E-state index is 0.672. The Hall–Kier alpha value is -3.46. The summed E-state index contributed by atoms with van der Waals surface area (Å²) in [5.41, 5.74) is 2.19. The standard InChI is InChI=1S/C30H20Cl2O2/c1-33-29-21-9-5-3-7-19(21)27(25-15-17(31)11-13-23(25)29)28-20-8-4-6-10-22(20)30(34-2)24-14-12-18(32)16-26(24)28/h3-16H,1-2H3. The lowest BCUT2D eigenvalue weighted by Gasteiger charge is -2.21. The molecule has 0 heterocycles. The maximum Gasteiger partial charge on any atom is 0.134 e. The van der Waals surface area contributed by atoms with Crippen molar-refractivity contribution in [2.45, 2.75) is 0 Å². The van der Waals surface area contributed by atoms with Crippen LogP contribution in [0.5, 0.6) is 11.5 Å². The number of rotatable bonds is 3. The molecule has 0 amide bonds. The van der Waals surface area contributed by atoms with Gasteiger partial charge in [-0.05, 0) is 69.1 Å². The molecule has 0 N–H and O–H groups in total. The van der Waals surface area contributed by atoms with Gasteiger partial charge >= 0.3 is 0 Å². The summed E-state index contributed by atoms with van der Waals surface area (Å²) in [5, 5.41) is 9.69. The van der Waals surface area contributed by atoms with Crippen molar-refractivity contribution in [2.75, 3.05) is 14.2 Å². The molecule has 0 aromatic heterocycles. The predicted molar refractivity (Wildman–Crippen MR) is 145 cm³/mol. The maximum atomic E-state index is 6.55. The average Bonchev–Trinajstić information content (AvgIpc) is 2.86. The van der Waals surface area contributed by atoms with Gasteiger partial charge in [-0.1, -0.05) is 71.7 Å². The number of ether oxygens (including phenoxy) is 2. The van der Waals surface area contributed by atoms with E-state index in [2.05, 4.69) is 36.4 Å². The molecule has 0 aliphatic heterocycles. The summed E-state index contributed by atoms with van der Waals surface area (Å²) in [7, 11) is 3.43. The lowest BCUT2D eigenvalue weighted by atomic mass is 9.85. The van der Waals surface area contributed by atoms with Crippen molar-refractivity contribution in [1.82, 2.24) is 0 Å². The molecule has 0 radical (unpaired) electrons. The molecule has 0 bridgehead atoms. The fourth-order valence-corrected chi connectivity index (χ4v) is 5.54. The highest BCUT2D eigenvalue weighted by molar-refractivity contribution is 6.34. The smallest absolute Gasteiger partial charge is 0.134 e. The Morgan fingerprint density at radius 2 is 0.794 bits per heavy atom. The SMILES string of the molecule is COc1c2ccccc2c(-c2c3ccccc3c(OC)c3ccc(Cl)cc23)c2cc(Cl)ccc12. The van der Waals surface area contributed by atoms with Gasteiger partial charge in [0, 0.05) is 31.6 Å². The van der Waals surface area contributed by atoms with Gasteiger partial charge in [-0.25, -0.2) is 0 Å². The topological polar surface area (TPSA) is 18.5 Å². The van der Waals surface area contributed by atoms with Crippen LogP contribution < -0.4 is 9.47 Å². The third-order valence-electron chi connectivity index (χ3n) is 6.53. The van der Waals surface area contributed by atoms with Gasteiger partial charge in [0.2, 0.25) is 0 Å². The van der Waals surface area contributed by atoms with Crippen molar-refractivity contribution in [1.29, 1.82) is 0 Å². The van der Waals surface area contributed by atoms with Crippen LogP contribution in [-0.2, 0) is 0 Å². The molecule has 6 rings (SSSR count). The van der Waals surface area contributed by atoms with Crippen LogP contribution in [-0.4, -0.2) is 14.2 Å². The molecule has 0 unspecified atom stereocenters. The first-order valence-electron chi connectivity index (χ1n) is 11.0. The van der Waals surface area contributed by atoms with Crippen LogP contribution in [0.1, 0.15) is 0 Å². The zero-order chi connectivity index (χ0) is 23.4. The van der Waals surface area contributed by atoms with Crippen LogP contribution in [0.25, 0.3) is 54.2 Å². The highest BCUT2D eigenvalue weighted by Gasteiger charge is 2.22. The van der Waals surface area contributed by atoms with E-state index in [1.807, 2.05) is 48.5 Å². The van der Waals surface area contributed by atoms with Gasteiger partial charge in [0.25, 0.3) is 0 Å². The molecule has 0 atom stereocenters. The summed E-state index contributed by atoms with van der Waals surface area (Å²) in [5.74, 6) is 1.68. The molecule has 2 nitrogen and oxygen atoms in total. The normalized spacial score (nSPS) is 11.5. The Kier molecular flexibility index (Phi) is 5.02. The van der Waals surface area contributed by atoms with Crippen LogP contribution in [0, 0.1) is 0 Å². The van der Waals surface area contributed by atoms with E-state index in [1.54, 1.807) is 14.2 Å². The molecule has 34 heavy (non-hydrogen) atoms. The number of hydrogen-bond acceptors (Lipinski definition) is 2. The van der Waals surface area contributed by atoms with E-state index in [0.29, 0.717) is 10.0 Å². The second kappa shape index (κ2) is 8.09. The monoisotopic (exact) mass is 482 g/mol. The number of halogens is 2. The summed E-state index contributed by atoms with van der Waals surface area (Å²) in [4.78, 5) is 0. The van der Waals surface area contributed by atoms with E-state index < -0.39 is 0 Å². The summed E-state index contributed by atoms with van der Waals surface area (Å²) < 4.78 is 11.8. The first kappa shape index (κ1) is 21.1. The zero-order valence-electron chi connectivity index (χ0n) is 18.7. The lowest BCUT2D eigenvalue weighted by molar-refractivity contribution is 0.424. The predicted octanol–water partition coefficient (Wildman–Crippen LogP) is 9.29. The van der Waals surface area contributed by atoms with Crippen LogP contribution in [0.4, 0.5) is 0 Å². The van der Waals surface area contributed by atoms with Gasteiger partial charge in [0.1, 0.15) is 11.5 Å². The second-order valence-electron chi connectivity index (χ2n) is 8.29. The zero-order valence-corrected chi connectivity index (χ0v) is 20.2. The van der Waals surface area contributed by atoms with E-state index in [-0.39, 0.29) is 0 Å². The van der Waals surface area contributed by atoms with Gasteiger partial charge in [0.05, 0.1) is 14.2 Å². The molecule has 6 aromatic carbocycles. The fourth-order valence-electron chi connectivity index (χ4n) is 5.20. The Labute approximate surface area is 207 Å². The maximum absolute atomic E-state index is 6.55. The van der Waals surface area contributed by atoms with Crippen molar-refractivity contribution in [2.24, 2.45) is 0 Å². The van der Waals surface area contributed by atoms with Crippen molar-refractivity contribution in [3.63, 3.8) is 0 Å². The first-order valence-corrected chi connectivity index (χ1v) is 11.7. The third kappa shape index (κ3) is 3.03. The highest BCUT2D eigenvalue weighted by Crippen LogP contribution is 2.50. The van der Waals surface area contributed by atoms with E-state index in [1.165, 1.54) is 0 Å². The summed E-state index contributed by atoms with van der Waals surface area (Å²) in [6.45, 7) is 0. The molecule has 0 fully saturated rings. The highest BCUT2D eigenvalue weighted by atomic mass is 35.5. The number of methoxy groups -OCH3 is 2. The summed E-state index contributed by atoms with van der Waals surface area (Å²) in [6, 6.07) is 28.6. The molecule has 6 aromatic rings. The largest absolute Gasteiger partial charge is 0.495 e. The first-order chi connectivity index (χ1) is 16.6. The van der Waals surface area contributed by atoms with Crippen LogP contribution in [0.15, 0.2) is 84.9 Å². The minimum Gasteiger partial charge on any atom is -0.495 e. The van der Waals surface area contributed by atoms with Gasteiger partial charge in [-0.3, -0.25) is 0 Å². The number of fused-ring (bicyclic) bond motifs is 4. The van der Waals surface area contributed by atoms with Gasteiger partial charge in [-0.15, -0.1) is 0 Å². The molecule has 4 heteroatoms. The fraction of sp³-hybridized carbons (Fsp3) is 0.0667. The van der Waals surface area contributed by atoms with Gasteiger partial charge in [0.15, 0.2) is 0 Å². The van der Waals surface area contributed by atoms with Crippen LogP contribution in [0.2, 0.25) is 10.0 Å². The van der Waals surface area contributed by atoms with Gasteiger partial charge in [-0.2, -0.15) is 0 Å². The third-order valence-corrected chi connectivity index (χ3v) is 7.00. The van der Waals surface area contributed by atoms with Crippen LogP contribution in [0.3, 0.4) is 0 Å². The van der Waals surface area contributed by atoms with E-state index in [9.17, 15) is 0 Å². The molecule has 0 saturated carbocycles. The van der Waals surface area contributed by atoms with Crippen molar-refractivity contribution in [3.05, 3.63) is 95.0 Å². The molecule has 0 aliphatic rings. The number of hydrogen-bond donors (Lipinski definition) is 0. The Bertz CT molecular complexity index is 1620. The molecule has 166 valence electrons. The Balaban J connectivity index is 1.97. The van der Waals surface area contributed by atoms with Gasteiger partial charge < -0.3 is 9.47 Å². The van der Waals surface area contributed by atoms with E-state index in [4.69, 9.17) is 32.7 Å². The Morgan fingerprint density at radius 3 is 1.18 bits per heavy atom. The quantitative estimate of drug-likeness (QED) is 0.234. The average molecular weight is 483 g/mol.